The summed E-state index contributed by atoms with van der Waals surface area (Å²) in [4.78, 5) is 0.162. The van der Waals surface area contributed by atoms with Gasteiger partial charge in [0.15, 0.2) is 0 Å². The summed E-state index contributed by atoms with van der Waals surface area (Å²) >= 11 is 9.36. The monoisotopic (exact) mass is 416 g/mol. The van der Waals surface area contributed by atoms with Crippen molar-refractivity contribution in [3.63, 3.8) is 0 Å². The summed E-state index contributed by atoms with van der Waals surface area (Å²) in [6.07, 6.45) is 2.76. The van der Waals surface area contributed by atoms with Crippen LogP contribution in [0, 0.1) is 5.92 Å². The molecule has 8 heteroatoms. The topological polar surface area (TPSA) is 63.4 Å². The van der Waals surface area contributed by atoms with E-state index in [-0.39, 0.29) is 22.3 Å². The summed E-state index contributed by atoms with van der Waals surface area (Å²) in [6, 6.07) is 5.01. The molecule has 1 saturated heterocycles. The average Bonchev–Trinajstić information content (AvgIpc) is 2.39. The predicted molar refractivity (Wildman–Crippen MR) is 91.6 cm³/mol. The summed E-state index contributed by atoms with van der Waals surface area (Å²) in [5.74, 6) is 0.338. The third-order valence-corrected chi connectivity index (χ3v) is 6.89. The van der Waals surface area contributed by atoms with Crippen molar-refractivity contribution in [1.82, 2.24) is 4.31 Å². The van der Waals surface area contributed by atoms with Gasteiger partial charge < -0.3 is 5.73 Å². The Bertz CT molecular complexity index is 561. The van der Waals surface area contributed by atoms with Crippen LogP contribution in [0.3, 0.4) is 0 Å². The molecule has 1 fully saturated rings. The number of halogens is 3. The molecule has 0 aliphatic carbocycles. The highest BCUT2D eigenvalue weighted by Gasteiger charge is 2.32. The first kappa shape index (κ1) is 19.2. The maximum atomic E-state index is 12.8. The Labute approximate surface area is 145 Å². The van der Waals surface area contributed by atoms with Gasteiger partial charge in [-0.25, -0.2) is 8.42 Å². The van der Waals surface area contributed by atoms with Gasteiger partial charge in [0, 0.05) is 17.6 Å². The molecule has 1 atom stereocenters. The Morgan fingerprint density at radius 1 is 1.43 bits per heavy atom. The van der Waals surface area contributed by atoms with Gasteiger partial charge in [-0.3, -0.25) is 0 Å². The molecule has 0 bridgehead atoms. The van der Waals surface area contributed by atoms with E-state index < -0.39 is 10.0 Å². The zero-order valence-corrected chi connectivity index (χ0v) is 15.4. The standard InChI is InChI=1S/C13H18BrClN2O2S.ClH/c14-11-4-1-5-12(15)13(11)20(18,19)17-8-2-3-10(9-17)6-7-16;/h1,4-5,10H,2-3,6-9,16H2;1H. The minimum atomic E-state index is -3.56. The first-order valence-corrected chi connectivity index (χ1v) is 9.22. The second-order valence-electron chi connectivity index (χ2n) is 5.00. The van der Waals surface area contributed by atoms with Crippen LogP contribution in [0.1, 0.15) is 19.3 Å². The number of nitrogens with zero attached hydrogens (tertiary/aromatic N) is 1. The van der Waals surface area contributed by atoms with Crippen molar-refractivity contribution in [2.45, 2.75) is 24.2 Å². The van der Waals surface area contributed by atoms with Crippen molar-refractivity contribution in [2.24, 2.45) is 11.7 Å². The molecule has 0 spiro atoms. The highest BCUT2D eigenvalue weighted by atomic mass is 79.9. The van der Waals surface area contributed by atoms with E-state index in [4.69, 9.17) is 17.3 Å². The molecule has 1 aromatic rings. The zero-order valence-electron chi connectivity index (χ0n) is 11.5. The summed E-state index contributed by atoms with van der Waals surface area (Å²) in [5.41, 5.74) is 5.58. The molecule has 4 nitrogen and oxygen atoms in total. The molecule has 0 radical (unpaired) electrons. The van der Waals surface area contributed by atoms with E-state index in [1.807, 2.05) is 0 Å². The van der Waals surface area contributed by atoms with E-state index in [1.54, 1.807) is 18.2 Å². The molecular formula is C13H19BrCl2N2O2S. The van der Waals surface area contributed by atoms with E-state index in [2.05, 4.69) is 15.9 Å². The molecule has 1 aromatic carbocycles. The SMILES string of the molecule is Cl.NCCC1CCCN(S(=O)(=O)c2c(Cl)cccc2Br)C1. The molecule has 1 aliphatic rings. The van der Waals surface area contributed by atoms with Crippen molar-refractivity contribution >= 4 is 50.0 Å². The Kier molecular flexibility index (Phi) is 7.43. The lowest BCUT2D eigenvalue weighted by Gasteiger charge is -2.32. The quantitative estimate of drug-likeness (QED) is 0.817. The summed E-state index contributed by atoms with van der Waals surface area (Å²) in [6.45, 7) is 1.66. The van der Waals surface area contributed by atoms with Gasteiger partial charge in [0.1, 0.15) is 4.90 Å². The molecule has 2 rings (SSSR count). The van der Waals surface area contributed by atoms with Crippen LogP contribution in [0.2, 0.25) is 5.02 Å². The van der Waals surface area contributed by atoms with Crippen LogP contribution in [0.4, 0.5) is 0 Å². The van der Waals surface area contributed by atoms with E-state index in [1.165, 1.54) is 4.31 Å². The van der Waals surface area contributed by atoms with Gasteiger partial charge in [0.05, 0.1) is 5.02 Å². The van der Waals surface area contributed by atoms with Crippen LogP contribution >= 0.6 is 39.9 Å². The van der Waals surface area contributed by atoms with E-state index >= 15 is 0 Å². The zero-order chi connectivity index (χ0) is 14.8. The highest BCUT2D eigenvalue weighted by Crippen LogP contribution is 2.33. The summed E-state index contributed by atoms with van der Waals surface area (Å²) in [7, 11) is -3.56. The van der Waals surface area contributed by atoms with E-state index in [0.29, 0.717) is 30.0 Å². The van der Waals surface area contributed by atoms with Crippen LogP contribution < -0.4 is 5.73 Å². The molecule has 1 aliphatic heterocycles. The van der Waals surface area contributed by atoms with Crippen molar-refractivity contribution in [3.8, 4) is 0 Å². The molecule has 2 N–H and O–H groups in total. The fourth-order valence-electron chi connectivity index (χ4n) is 2.57. The van der Waals surface area contributed by atoms with Gasteiger partial charge in [-0.2, -0.15) is 4.31 Å². The lowest BCUT2D eigenvalue weighted by atomic mass is 9.96. The molecular weight excluding hydrogens is 399 g/mol. The molecule has 0 aromatic heterocycles. The van der Waals surface area contributed by atoms with Crippen molar-refractivity contribution in [2.75, 3.05) is 19.6 Å². The number of piperidine rings is 1. The van der Waals surface area contributed by atoms with Gasteiger partial charge in [-0.05, 0) is 59.8 Å². The maximum Gasteiger partial charge on any atom is 0.245 e. The Morgan fingerprint density at radius 3 is 2.76 bits per heavy atom. The largest absolute Gasteiger partial charge is 0.330 e. The maximum absolute atomic E-state index is 12.8. The normalized spacial score (nSPS) is 20.0. The third-order valence-electron chi connectivity index (χ3n) is 3.57. The lowest BCUT2D eigenvalue weighted by molar-refractivity contribution is 0.258. The summed E-state index contributed by atoms with van der Waals surface area (Å²) < 4.78 is 27.6. The van der Waals surface area contributed by atoms with Crippen molar-refractivity contribution in [3.05, 3.63) is 27.7 Å². The third kappa shape index (κ3) is 4.33. The molecule has 0 saturated carbocycles. The van der Waals surface area contributed by atoms with Crippen LogP contribution in [0.5, 0.6) is 0 Å². The molecule has 1 heterocycles. The average molecular weight is 418 g/mol. The van der Waals surface area contributed by atoms with Crippen molar-refractivity contribution < 1.29 is 8.42 Å². The number of rotatable bonds is 4. The molecule has 0 amide bonds. The minimum Gasteiger partial charge on any atom is -0.330 e. The number of benzene rings is 1. The summed E-state index contributed by atoms with van der Waals surface area (Å²) in [5, 5.41) is 0.250. The van der Waals surface area contributed by atoms with Crippen LogP contribution in [-0.2, 0) is 10.0 Å². The fourth-order valence-corrected chi connectivity index (χ4v) is 5.80. The van der Waals surface area contributed by atoms with Crippen LogP contribution in [0.25, 0.3) is 0 Å². The minimum absolute atomic E-state index is 0. The van der Waals surface area contributed by atoms with Gasteiger partial charge in [0.25, 0.3) is 0 Å². The van der Waals surface area contributed by atoms with E-state index in [0.717, 1.165) is 19.3 Å². The molecule has 21 heavy (non-hydrogen) atoms. The number of sulfonamides is 1. The number of hydrogen-bond acceptors (Lipinski definition) is 3. The Morgan fingerprint density at radius 2 is 2.14 bits per heavy atom. The Balaban J connectivity index is 0.00000220. The second kappa shape index (κ2) is 8.13. The van der Waals surface area contributed by atoms with Gasteiger partial charge >= 0.3 is 0 Å². The second-order valence-corrected chi connectivity index (χ2v) is 8.14. The first-order chi connectivity index (χ1) is 9.46. The number of hydrogen-bond donors (Lipinski definition) is 1. The molecule has 1 unspecified atom stereocenters. The van der Waals surface area contributed by atoms with Gasteiger partial charge in [-0.15, -0.1) is 12.4 Å². The van der Waals surface area contributed by atoms with Crippen LogP contribution in [0.15, 0.2) is 27.6 Å². The van der Waals surface area contributed by atoms with Gasteiger partial charge in [-0.1, -0.05) is 17.7 Å². The fraction of sp³-hybridized carbons (Fsp3) is 0.538. The van der Waals surface area contributed by atoms with Crippen molar-refractivity contribution in [1.29, 1.82) is 0 Å². The highest BCUT2D eigenvalue weighted by molar-refractivity contribution is 9.10. The van der Waals surface area contributed by atoms with Gasteiger partial charge in [0.2, 0.25) is 10.0 Å². The van der Waals surface area contributed by atoms with E-state index in [9.17, 15) is 8.42 Å². The smallest absolute Gasteiger partial charge is 0.245 e. The predicted octanol–water partition coefficient (Wildman–Crippen LogP) is 3.27. The molecule has 120 valence electrons. The van der Waals surface area contributed by atoms with Crippen LogP contribution in [-0.4, -0.2) is 32.4 Å². The lowest BCUT2D eigenvalue weighted by Crippen LogP contribution is -2.40. The number of nitrogens with two attached hydrogens (primary N) is 1. The first-order valence-electron chi connectivity index (χ1n) is 6.61. The Hall–Kier alpha value is 0.150.